The number of carbonyl (C=O) groups is 2. The molecule has 0 aliphatic heterocycles. The standard InChI is InChI=1S/C16H14ClNO5/c1-8-12(16(22)23-2)13(9-5-3-4-6-10(9)17)14(15(20)21)11(7-19)18-8/h3-6,19H,7H2,1-2H3,(H,20,21). The summed E-state index contributed by atoms with van der Waals surface area (Å²) in [4.78, 5) is 27.9. The second-order valence-corrected chi connectivity index (χ2v) is 5.11. The Balaban J connectivity index is 3.00. The molecule has 0 fully saturated rings. The first-order chi connectivity index (χ1) is 10.9. The number of aromatic nitrogens is 1. The fraction of sp³-hybridized carbons (Fsp3) is 0.188. The van der Waals surface area contributed by atoms with Crippen LogP contribution in [0.2, 0.25) is 5.02 Å². The zero-order valence-electron chi connectivity index (χ0n) is 12.5. The molecule has 7 heteroatoms. The number of hydrogen-bond donors (Lipinski definition) is 2. The Morgan fingerprint density at radius 1 is 1.26 bits per heavy atom. The number of esters is 1. The van der Waals surface area contributed by atoms with E-state index in [0.29, 0.717) is 5.56 Å². The maximum atomic E-state index is 12.2. The highest BCUT2D eigenvalue weighted by Crippen LogP contribution is 2.36. The predicted molar refractivity (Wildman–Crippen MR) is 83.6 cm³/mol. The highest BCUT2D eigenvalue weighted by Gasteiger charge is 2.28. The smallest absolute Gasteiger partial charge is 0.340 e. The molecule has 0 atom stereocenters. The molecule has 120 valence electrons. The third-order valence-corrected chi connectivity index (χ3v) is 3.68. The molecule has 6 nitrogen and oxygen atoms in total. The minimum atomic E-state index is -1.32. The lowest BCUT2D eigenvalue weighted by atomic mass is 9.92. The second kappa shape index (κ2) is 6.76. The van der Waals surface area contributed by atoms with Crippen LogP contribution in [0.5, 0.6) is 0 Å². The number of hydrogen-bond acceptors (Lipinski definition) is 5. The quantitative estimate of drug-likeness (QED) is 0.834. The van der Waals surface area contributed by atoms with Crippen molar-refractivity contribution in [2.75, 3.05) is 7.11 Å². The summed E-state index contributed by atoms with van der Waals surface area (Å²) in [5.74, 6) is -2.04. The van der Waals surface area contributed by atoms with Crippen LogP contribution in [0.1, 0.15) is 32.1 Å². The number of ether oxygens (including phenoxy) is 1. The van der Waals surface area contributed by atoms with E-state index in [4.69, 9.17) is 16.3 Å². The highest BCUT2D eigenvalue weighted by molar-refractivity contribution is 6.33. The van der Waals surface area contributed by atoms with Gasteiger partial charge in [0.15, 0.2) is 0 Å². The zero-order valence-corrected chi connectivity index (χ0v) is 13.2. The van der Waals surface area contributed by atoms with Crippen LogP contribution in [-0.4, -0.2) is 34.2 Å². The van der Waals surface area contributed by atoms with Crippen molar-refractivity contribution < 1.29 is 24.5 Å². The number of carboxylic acids is 1. The average Bonchev–Trinajstić information content (AvgIpc) is 2.53. The number of benzene rings is 1. The summed E-state index contributed by atoms with van der Waals surface area (Å²) in [6.07, 6.45) is 0. The van der Waals surface area contributed by atoms with Crippen LogP contribution in [0.25, 0.3) is 11.1 Å². The number of pyridine rings is 1. The first kappa shape index (κ1) is 16.9. The maximum absolute atomic E-state index is 12.2. The van der Waals surface area contributed by atoms with E-state index >= 15 is 0 Å². The van der Waals surface area contributed by atoms with Gasteiger partial charge in [-0.3, -0.25) is 4.98 Å². The van der Waals surface area contributed by atoms with Gasteiger partial charge < -0.3 is 14.9 Å². The minimum absolute atomic E-state index is 0.00944. The minimum Gasteiger partial charge on any atom is -0.478 e. The molecule has 2 aromatic rings. The summed E-state index contributed by atoms with van der Waals surface area (Å²) in [7, 11) is 1.19. The van der Waals surface area contributed by atoms with Crippen LogP contribution in [0, 0.1) is 6.92 Å². The SMILES string of the molecule is COC(=O)c1c(C)nc(CO)c(C(=O)O)c1-c1ccccc1Cl. The Bertz CT molecular complexity index is 788. The summed E-state index contributed by atoms with van der Waals surface area (Å²) in [6, 6.07) is 6.53. The van der Waals surface area contributed by atoms with E-state index in [-0.39, 0.29) is 33.1 Å². The number of halogens is 1. The molecule has 0 spiro atoms. The third kappa shape index (κ3) is 3.04. The molecular formula is C16H14ClNO5. The number of carboxylic acid groups (broad SMARTS) is 1. The predicted octanol–water partition coefficient (Wildman–Crippen LogP) is 2.69. The van der Waals surface area contributed by atoms with Gasteiger partial charge in [-0.05, 0) is 13.0 Å². The van der Waals surface area contributed by atoms with Gasteiger partial charge in [0, 0.05) is 16.1 Å². The number of aliphatic hydroxyl groups excluding tert-OH is 1. The lowest BCUT2D eigenvalue weighted by molar-refractivity contribution is 0.0600. The van der Waals surface area contributed by atoms with Crippen molar-refractivity contribution in [3.63, 3.8) is 0 Å². The Kier molecular flexibility index (Phi) is 4.98. The van der Waals surface area contributed by atoms with Gasteiger partial charge in [0.1, 0.15) is 0 Å². The topological polar surface area (TPSA) is 96.7 Å². The van der Waals surface area contributed by atoms with Gasteiger partial charge in [-0.1, -0.05) is 29.8 Å². The maximum Gasteiger partial charge on any atom is 0.340 e. The number of rotatable bonds is 4. The molecule has 0 bridgehead atoms. The number of carbonyl (C=O) groups excluding carboxylic acids is 1. The zero-order chi connectivity index (χ0) is 17.1. The van der Waals surface area contributed by atoms with Crippen LogP contribution in [0.15, 0.2) is 24.3 Å². The fourth-order valence-corrected chi connectivity index (χ4v) is 2.62. The molecule has 2 rings (SSSR count). The lowest BCUT2D eigenvalue weighted by Gasteiger charge is -2.17. The van der Waals surface area contributed by atoms with Crippen LogP contribution < -0.4 is 0 Å². The van der Waals surface area contributed by atoms with Crippen molar-refractivity contribution in [3.8, 4) is 11.1 Å². The number of aliphatic hydroxyl groups is 1. The van der Waals surface area contributed by atoms with Gasteiger partial charge in [-0.2, -0.15) is 0 Å². The van der Waals surface area contributed by atoms with Crippen molar-refractivity contribution in [1.82, 2.24) is 4.98 Å². The highest BCUT2D eigenvalue weighted by atomic mass is 35.5. The molecule has 2 N–H and O–H groups in total. The monoisotopic (exact) mass is 335 g/mol. The van der Waals surface area contributed by atoms with E-state index in [0.717, 1.165) is 0 Å². The first-order valence-corrected chi connectivity index (χ1v) is 7.01. The largest absolute Gasteiger partial charge is 0.478 e. The number of methoxy groups -OCH3 is 1. The van der Waals surface area contributed by atoms with Gasteiger partial charge in [-0.25, -0.2) is 9.59 Å². The normalized spacial score (nSPS) is 10.4. The van der Waals surface area contributed by atoms with E-state index < -0.39 is 18.5 Å². The number of aromatic carboxylic acids is 1. The molecule has 0 unspecified atom stereocenters. The van der Waals surface area contributed by atoms with E-state index in [9.17, 15) is 19.8 Å². The van der Waals surface area contributed by atoms with Gasteiger partial charge in [0.25, 0.3) is 0 Å². The van der Waals surface area contributed by atoms with Gasteiger partial charge in [0.2, 0.25) is 0 Å². The number of aryl methyl sites for hydroxylation is 1. The molecule has 0 aliphatic carbocycles. The molecule has 1 heterocycles. The van der Waals surface area contributed by atoms with Gasteiger partial charge in [-0.15, -0.1) is 0 Å². The van der Waals surface area contributed by atoms with E-state index in [2.05, 4.69) is 4.98 Å². The van der Waals surface area contributed by atoms with E-state index in [1.807, 2.05) is 0 Å². The summed E-state index contributed by atoms with van der Waals surface area (Å²) >= 11 is 6.18. The Morgan fingerprint density at radius 2 is 1.91 bits per heavy atom. The molecule has 0 aliphatic rings. The Hall–Kier alpha value is -2.44. The van der Waals surface area contributed by atoms with Crippen LogP contribution in [0.3, 0.4) is 0 Å². The first-order valence-electron chi connectivity index (χ1n) is 6.63. The summed E-state index contributed by atoms with van der Waals surface area (Å²) in [5.41, 5.74) is 0.388. The third-order valence-electron chi connectivity index (χ3n) is 3.35. The molecule has 1 aromatic heterocycles. The molecule has 0 saturated heterocycles. The van der Waals surface area contributed by atoms with Crippen LogP contribution in [-0.2, 0) is 11.3 Å². The van der Waals surface area contributed by atoms with Gasteiger partial charge in [0.05, 0.1) is 36.2 Å². The molecule has 0 amide bonds. The summed E-state index contributed by atoms with van der Waals surface area (Å²) in [6.45, 7) is 0.957. The van der Waals surface area contributed by atoms with Crippen LogP contribution in [0.4, 0.5) is 0 Å². The molecule has 23 heavy (non-hydrogen) atoms. The summed E-state index contributed by atoms with van der Waals surface area (Å²) < 4.78 is 4.75. The Labute approximate surface area is 137 Å². The van der Waals surface area contributed by atoms with Crippen LogP contribution >= 0.6 is 11.6 Å². The van der Waals surface area contributed by atoms with E-state index in [1.165, 1.54) is 14.0 Å². The second-order valence-electron chi connectivity index (χ2n) is 4.70. The molecule has 0 radical (unpaired) electrons. The fourth-order valence-electron chi connectivity index (χ4n) is 2.39. The van der Waals surface area contributed by atoms with Gasteiger partial charge >= 0.3 is 11.9 Å². The van der Waals surface area contributed by atoms with E-state index in [1.54, 1.807) is 24.3 Å². The summed E-state index contributed by atoms with van der Waals surface area (Å²) in [5, 5.41) is 19.3. The lowest BCUT2D eigenvalue weighted by Crippen LogP contribution is -2.16. The molecular weight excluding hydrogens is 322 g/mol. The Morgan fingerprint density at radius 3 is 2.43 bits per heavy atom. The van der Waals surface area contributed by atoms with Crippen molar-refractivity contribution in [3.05, 3.63) is 51.8 Å². The average molecular weight is 336 g/mol. The van der Waals surface area contributed by atoms with Crippen molar-refractivity contribution in [2.45, 2.75) is 13.5 Å². The number of nitrogens with zero attached hydrogens (tertiary/aromatic N) is 1. The van der Waals surface area contributed by atoms with Crippen molar-refractivity contribution in [1.29, 1.82) is 0 Å². The van der Waals surface area contributed by atoms with Crippen molar-refractivity contribution in [2.24, 2.45) is 0 Å². The molecule has 0 saturated carbocycles. The molecule has 1 aromatic carbocycles. The van der Waals surface area contributed by atoms with Crippen molar-refractivity contribution >= 4 is 23.5 Å².